The van der Waals surface area contributed by atoms with Gasteiger partial charge in [0.15, 0.2) is 0 Å². The smallest absolute Gasteiger partial charge is 0.293 e. The van der Waals surface area contributed by atoms with Gasteiger partial charge in [0.1, 0.15) is 17.5 Å². The Kier molecular flexibility index (Phi) is 5.63. The molecule has 0 radical (unpaired) electrons. The Morgan fingerprint density at radius 2 is 2.24 bits per heavy atom. The van der Waals surface area contributed by atoms with Crippen LogP contribution < -0.4 is 15.6 Å². The highest BCUT2D eigenvalue weighted by Gasteiger charge is 2.60. The van der Waals surface area contributed by atoms with Gasteiger partial charge >= 0.3 is 0 Å². The van der Waals surface area contributed by atoms with Crippen LogP contribution in [0.2, 0.25) is 0 Å². The van der Waals surface area contributed by atoms with Gasteiger partial charge in [-0.1, -0.05) is 18.7 Å². The molecule has 1 aliphatic rings. The van der Waals surface area contributed by atoms with Gasteiger partial charge in [0, 0.05) is 5.41 Å². The van der Waals surface area contributed by atoms with Crippen molar-refractivity contribution in [2.45, 2.75) is 27.2 Å². The molecule has 0 unspecified atom stereocenters. The molecule has 3 rings (SSSR count). The van der Waals surface area contributed by atoms with Crippen LogP contribution in [0.15, 0.2) is 47.4 Å². The molecular formula is C21H23FN4O3. The zero-order chi connectivity index (χ0) is 21.2. The Morgan fingerprint density at radius 3 is 2.83 bits per heavy atom. The van der Waals surface area contributed by atoms with Crippen LogP contribution in [0, 0.1) is 31.0 Å². The molecule has 8 heteroatoms. The summed E-state index contributed by atoms with van der Waals surface area (Å²) in [7, 11) is 0. The number of H-pyrrole nitrogens is 1. The maximum absolute atomic E-state index is 13.0. The van der Waals surface area contributed by atoms with E-state index in [1.165, 1.54) is 12.1 Å². The van der Waals surface area contributed by atoms with Gasteiger partial charge in [0.25, 0.3) is 5.56 Å². The average molecular weight is 398 g/mol. The summed E-state index contributed by atoms with van der Waals surface area (Å²) in [5.74, 6) is -0.204. The summed E-state index contributed by atoms with van der Waals surface area (Å²) in [5, 5.41) is 2.70. The molecule has 1 amide bonds. The number of pyridine rings is 1. The fourth-order valence-corrected chi connectivity index (χ4v) is 3.57. The van der Waals surface area contributed by atoms with Crippen LogP contribution >= 0.6 is 0 Å². The number of aromatic nitrogens is 3. The minimum atomic E-state index is -0.607. The zero-order valence-corrected chi connectivity index (χ0v) is 16.6. The number of nitrogens with one attached hydrogen (secondary N) is 2. The van der Waals surface area contributed by atoms with Crippen molar-refractivity contribution in [2.75, 3.05) is 11.9 Å². The van der Waals surface area contributed by atoms with Gasteiger partial charge in [-0.05, 0) is 44.9 Å². The topological polar surface area (TPSA) is 97.0 Å². The van der Waals surface area contributed by atoms with Crippen LogP contribution in [0.25, 0.3) is 0 Å². The summed E-state index contributed by atoms with van der Waals surface area (Å²) in [6.07, 6.45) is 5.14. The number of hydrogen-bond acceptors (Lipinski definition) is 5. The molecule has 29 heavy (non-hydrogen) atoms. The Hall–Kier alpha value is -3.29. The molecule has 0 bridgehead atoms. The first-order valence-electron chi connectivity index (χ1n) is 9.22. The second kappa shape index (κ2) is 7.98. The van der Waals surface area contributed by atoms with E-state index in [1.807, 2.05) is 13.0 Å². The van der Waals surface area contributed by atoms with E-state index in [2.05, 4.69) is 26.8 Å². The van der Waals surface area contributed by atoms with Crippen molar-refractivity contribution in [3.8, 4) is 5.75 Å². The quantitative estimate of drug-likeness (QED) is 0.699. The SMILES string of the molecule is C=C/C(=C\C)[C@]1(COc2c(C)nc(C)[nH]c2=O)C[C@H]1C(=O)Nc1ccc(F)cn1. The van der Waals surface area contributed by atoms with Crippen molar-refractivity contribution in [2.24, 2.45) is 11.3 Å². The lowest BCUT2D eigenvalue weighted by Crippen LogP contribution is -2.26. The molecule has 1 fully saturated rings. The lowest BCUT2D eigenvalue weighted by molar-refractivity contribution is -0.118. The summed E-state index contributed by atoms with van der Waals surface area (Å²) in [6.45, 7) is 9.22. The van der Waals surface area contributed by atoms with Crippen molar-refractivity contribution in [3.05, 3.63) is 70.3 Å². The van der Waals surface area contributed by atoms with Gasteiger partial charge in [0.2, 0.25) is 11.7 Å². The number of nitrogens with zero attached hydrogens (tertiary/aromatic N) is 2. The molecule has 2 N–H and O–H groups in total. The van der Waals surface area contributed by atoms with E-state index in [0.717, 1.165) is 11.8 Å². The molecule has 0 aromatic carbocycles. The highest BCUT2D eigenvalue weighted by Crippen LogP contribution is 2.58. The van der Waals surface area contributed by atoms with E-state index >= 15 is 0 Å². The van der Waals surface area contributed by atoms with Crippen LogP contribution in [0.4, 0.5) is 10.2 Å². The van der Waals surface area contributed by atoms with Crippen molar-refractivity contribution in [1.29, 1.82) is 0 Å². The minimum absolute atomic E-state index is 0.127. The van der Waals surface area contributed by atoms with Crippen molar-refractivity contribution >= 4 is 11.7 Å². The highest BCUT2D eigenvalue weighted by atomic mass is 19.1. The molecule has 2 aromatic heterocycles. The standard InChI is InChI=1S/C21H23FN4O3/c1-5-14(6-2)21(11-29-18-12(3)24-13(4)25-20(18)28)9-16(21)19(27)26-17-8-7-15(22)10-23-17/h5-8,10,16H,1,9,11H2,2-4H3,(H,23,26,27)(H,24,25,28)/b14-6+/t16-,21+/m0/s1. The lowest BCUT2D eigenvalue weighted by Gasteiger charge is -2.20. The van der Waals surface area contributed by atoms with Crippen LogP contribution in [-0.4, -0.2) is 27.5 Å². The number of rotatable bonds is 7. The molecule has 2 atom stereocenters. The summed E-state index contributed by atoms with van der Waals surface area (Å²) in [4.78, 5) is 35.7. The molecule has 0 spiro atoms. The minimum Gasteiger partial charge on any atom is -0.486 e. The van der Waals surface area contributed by atoms with Gasteiger partial charge < -0.3 is 15.0 Å². The molecule has 2 aromatic rings. The number of aromatic amines is 1. The second-order valence-corrected chi connectivity index (χ2v) is 7.07. The normalized spacial score (nSPS) is 20.8. The maximum Gasteiger partial charge on any atom is 0.293 e. The molecule has 2 heterocycles. The highest BCUT2D eigenvalue weighted by molar-refractivity contribution is 5.95. The predicted octanol–water partition coefficient (Wildman–Crippen LogP) is 3.08. The number of anilines is 1. The first-order valence-corrected chi connectivity index (χ1v) is 9.22. The van der Waals surface area contributed by atoms with Gasteiger partial charge in [0.05, 0.1) is 24.4 Å². The lowest BCUT2D eigenvalue weighted by atomic mass is 9.93. The van der Waals surface area contributed by atoms with Crippen LogP contribution in [0.1, 0.15) is 24.9 Å². The number of halogens is 1. The predicted molar refractivity (Wildman–Crippen MR) is 107 cm³/mol. The van der Waals surface area contributed by atoms with E-state index in [-0.39, 0.29) is 29.6 Å². The van der Waals surface area contributed by atoms with Gasteiger partial charge in [-0.3, -0.25) is 9.59 Å². The Labute approximate surface area is 167 Å². The van der Waals surface area contributed by atoms with E-state index in [1.54, 1.807) is 19.9 Å². The summed E-state index contributed by atoms with van der Waals surface area (Å²) in [5.41, 5.74) is 0.380. The van der Waals surface area contributed by atoms with E-state index in [0.29, 0.717) is 17.9 Å². The van der Waals surface area contributed by atoms with Crippen LogP contribution in [-0.2, 0) is 4.79 Å². The Morgan fingerprint density at radius 1 is 1.48 bits per heavy atom. The van der Waals surface area contributed by atoms with E-state index in [4.69, 9.17) is 4.74 Å². The third-order valence-electron chi connectivity index (χ3n) is 5.12. The largest absolute Gasteiger partial charge is 0.486 e. The van der Waals surface area contributed by atoms with E-state index in [9.17, 15) is 14.0 Å². The molecule has 0 aliphatic heterocycles. The number of allylic oxidation sites excluding steroid dienone is 2. The van der Waals surface area contributed by atoms with Crippen LogP contribution in [0.5, 0.6) is 5.75 Å². The molecule has 152 valence electrons. The monoisotopic (exact) mass is 398 g/mol. The first-order chi connectivity index (χ1) is 13.8. The van der Waals surface area contributed by atoms with Crippen molar-refractivity contribution in [1.82, 2.24) is 15.0 Å². The number of hydrogen-bond donors (Lipinski definition) is 2. The fraction of sp³-hybridized carbons (Fsp3) is 0.333. The van der Waals surface area contributed by atoms with Gasteiger partial charge in [-0.25, -0.2) is 14.4 Å². The van der Waals surface area contributed by atoms with Crippen molar-refractivity contribution in [3.63, 3.8) is 0 Å². The molecular weight excluding hydrogens is 375 g/mol. The zero-order valence-electron chi connectivity index (χ0n) is 16.6. The third-order valence-corrected chi connectivity index (χ3v) is 5.12. The number of carbonyl (C=O) groups excluding carboxylic acids is 1. The average Bonchev–Trinajstić information content (AvgIpc) is 3.39. The molecule has 1 saturated carbocycles. The van der Waals surface area contributed by atoms with E-state index < -0.39 is 17.2 Å². The van der Waals surface area contributed by atoms with Crippen molar-refractivity contribution < 1.29 is 13.9 Å². The summed E-state index contributed by atoms with van der Waals surface area (Å²) in [6, 6.07) is 2.63. The third kappa shape index (κ3) is 4.11. The number of amides is 1. The number of carbonyl (C=O) groups is 1. The second-order valence-electron chi connectivity index (χ2n) is 7.07. The Balaban J connectivity index is 1.80. The Bertz CT molecular complexity index is 1030. The van der Waals surface area contributed by atoms with Gasteiger partial charge in [-0.15, -0.1) is 0 Å². The summed E-state index contributed by atoms with van der Waals surface area (Å²) < 4.78 is 18.9. The fourth-order valence-electron chi connectivity index (χ4n) is 3.57. The van der Waals surface area contributed by atoms with Crippen LogP contribution in [0.3, 0.4) is 0 Å². The summed E-state index contributed by atoms with van der Waals surface area (Å²) >= 11 is 0. The molecule has 1 aliphatic carbocycles. The molecule has 0 saturated heterocycles. The molecule has 7 nitrogen and oxygen atoms in total. The number of ether oxygens (including phenoxy) is 1. The number of aryl methyl sites for hydroxylation is 2. The van der Waals surface area contributed by atoms with Gasteiger partial charge in [-0.2, -0.15) is 0 Å². The maximum atomic E-state index is 13.0. The first kappa shape index (κ1) is 20.4.